The Kier molecular flexibility index (Phi) is 5.94. The molecule has 0 amide bonds. The van der Waals surface area contributed by atoms with Crippen LogP contribution in [0.1, 0.15) is 17.5 Å². The van der Waals surface area contributed by atoms with Crippen LogP contribution in [0, 0.1) is 0 Å². The molecule has 0 aliphatic carbocycles. The van der Waals surface area contributed by atoms with E-state index in [1.807, 2.05) is 0 Å². The zero-order valence-corrected chi connectivity index (χ0v) is 17.7. The Labute approximate surface area is 186 Å². The molecule has 7 nitrogen and oxygen atoms in total. The second kappa shape index (κ2) is 8.70. The van der Waals surface area contributed by atoms with Gasteiger partial charge in [-0.25, -0.2) is 9.78 Å². The molecular formula is C23H21F3N4O3. The number of alkyl halides is 3. The number of aliphatic hydroxyl groups is 1. The first-order chi connectivity index (χ1) is 15.7. The SMILES string of the molecule is Cn1c(=O)n(CCCO)c(=O)c2c1nc(-c1ccccc1C(F)(F)F)n2Cc1ccccc1. The minimum atomic E-state index is -4.64. The predicted molar refractivity (Wildman–Crippen MR) is 117 cm³/mol. The number of rotatable bonds is 6. The van der Waals surface area contributed by atoms with Crippen molar-refractivity contribution in [2.75, 3.05) is 6.61 Å². The first-order valence-electron chi connectivity index (χ1n) is 10.3. The molecule has 2 heterocycles. The van der Waals surface area contributed by atoms with Crippen LogP contribution < -0.4 is 11.2 Å². The first kappa shape index (κ1) is 22.5. The smallest absolute Gasteiger partial charge is 0.396 e. The lowest BCUT2D eigenvalue weighted by atomic mass is 10.1. The van der Waals surface area contributed by atoms with Crippen LogP contribution >= 0.6 is 0 Å². The lowest BCUT2D eigenvalue weighted by Crippen LogP contribution is -2.39. The Bertz CT molecular complexity index is 1420. The van der Waals surface area contributed by atoms with Crippen LogP contribution in [-0.4, -0.2) is 30.4 Å². The Morgan fingerprint density at radius 3 is 2.30 bits per heavy atom. The van der Waals surface area contributed by atoms with Crippen molar-refractivity contribution in [2.45, 2.75) is 25.7 Å². The number of hydrogen-bond acceptors (Lipinski definition) is 4. The minimum Gasteiger partial charge on any atom is -0.396 e. The highest BCUT2D eigenvalue weighted by molar-refractivity contribution is 5.78. The lowest BCUT2D eigenvalue weighted by molar-refractivity contribution is -0.137. The number of aromatic nitrogens is 4. The summed E-state index contributed by atoms with van der Waals surface area (Å²) in [4.78, 5) is 30.5. The molecule has 33 heavy (non-hydrogen) atoms. The lowest BCUT2D eigenvalue weighted by Gasteiger charge is -2.14. The van der Waals surface area contributed by atoms with Gasteiger partial charge in [-0.1, -0.05) is 48.5 Å². The Morgan fingerprint density at radius 1 is 0.970 bits per heavy atom. The van der Waals surface area contributed by atoms with Gasteiger partial charge < -0.3 is 9.67 Å². The molecule has 4 aromatic rings. The van der Waals surface area contributed by atoms with Crippen molar-refractivity contribution in [1.82, 2.24) is 18.7 Å². The molecule has 1 N–H and O–H groups in total. The van der Waals surface area contributed by atoms with Crippen molar-refractivity contribution in [2.24, 2.45) is 7.05 Å². The zero-order chi connectivity index (χ0) is 23.8. The third-order valence-corrected chi connectivity index (χ3v) is 5.43. The highest BCUT2D eigenvalue weighted by Gasteiger charge is 2.35. The summed E-state index contributed by atoms with van der Waals surface area (Å²) in [5.74, 6) is -0.0613. The molecule has 10 heteroatoms. The number of benzene rings is 2. The normalized spacial score (nSPS) is 11.9. The molecule has 0 radical (unpaired) electrons. The average Bonchev–Trinajstić information content (AvgIpc) is 3.17. The van der Waals surface area contributed by atoms with Gasteiger partial charge in [0.25, 0.3) is 5.56 Å². The van der Waals surface area contributed by atoms with E-state index < -0.39 is 23.0 Å². The largest absolute Gasteiger partial charge is 0.417 e. The molecule has 0 aliphatic heterocycles. The number of fused-ring (bicyclic) bond motifs is 1. The molecule has 0 saturated heterocycles. The van der Waals surface area contributed by atoms with Gasteiger partial charge in [0.1, 0.15) is 5.82 Å². The van der Waals surface area contributed by atoms with Gasteiger partial charge in [-0.05, 0) is 18.1 Å². The number of nitrogens with zero attached hydrogens (tertiary/aromatic N) is 4. The molecule has 4 rings (SSSR count). The van der Waals surface area contributed by atoms with E-state index >= 15 is 0 Å². The molecule has 0 bridgehead atoms. The highest BCUT2D eigenvalue weighted by atomic mass is 19.4. The Hall–Kier alpha value is -3.66. The maximum Gasteiger partial charge on any atom is 0.417 e. The van der Waals surface area contributed by atoms with E-state index in [9.17, 15) is 22.8 Å². The predicted octanol–water partition coefficient (Wildman–Crippen LogP) is 3.01. The molecule has 0 spiro atoms. The van der Waals surface area contributed by atoms with Crippen LogP contribution in [-0.2, 0) is 26.3 Å². The first-order valence-corrected chi connectivity index (χ1v) is 10.3. The molecule has 0 saturated carbocycles. The minimum absolute atomic E-state index is 0.00634. The fourth-order valence-electron chi connectivity index (χ4n) is 3.85. The summed E-state index contributed by atoms with van der Waals surface area (Å²) < 4.78 is 44.9. The average molecular weight is 458 g/mol. The number of hydrogen-bond donors (Lipinski definition) is 1. The summed E-state index contributed by atoms with van der Waals surface area (Å²) in [5, 5.41) is 9.15. The van der Waals surface area contributed by atoms with E-state index in [-0.39, 0.29) is 48.7 Å². The van der Waals surface area contributed by atoms with Gasteiger partial charge in [0.2, 0.25) is 0 Å². The molecule has 2 aromatic heterocycles. The van der Waals surface area contributed by atoms with Crippen molar-refractivity contribution in [1.29, 1.82) is 0 Å². The van der Waals surface area contributed by atoms with Crippen LogP contribution in [0.25, 0.3) is 22.6 Å². The molecule has 0 aliphatic rings. The standard InChI is InChI=1S/C23H21F3N4O3/c1-28-20-18(21(32)29(22(28)33)12-7-13-31)30(14-15-8-3-2-4-9-15)19(27-20)16-10-5-6-11-17(16)23(24,25)26/h2-6,8-11,31H,7,12-14H2,1H3. The second-order valence-corrected chi connectivity index (χ2v) is 7.60. The van der Waals surface area contributed by atoms with Gasteiger partial charge in [-0.15, -0.1) is 0 Å². The summed E-state index contributed by atoms with van der Waals surface area (Å²) in [5.41, 5.74) is -1.63. The molecular weight excluding hydrogens is 437 g/mol. The molecule has 0 atom stereocenters. The molecule has 0 unspecified atom stereocenters. The number of aliphatic hydroxyl groups excluding tert-OH is 1. The Morgan fingerprint density at radius 2 is 1.64 bits per heavy atom. The third-order valence-electron chi connectivity index (χ3n) is 5.43. The van der Waals surface area contributed by atoms with Gasteiger partial charge in [-0.2, -0.15) is 13.2 Å². The third kappa shape index (κ3) is 4.09. The van der Waals surface area contributed by atoms with Crippen molar-refractivity contribution < 1.29 is 18.3 Å². The number of halogens is 3. The quantitative estimate of drug-likeness (QED) is 0.482. The van der Waals surface area contributed by atoms with Crippen molar-refractivity contribution in [3.05, 3.63) is 86.6 Å². The second-order valence-electron chi connectivity index (χ2n) is 7.60. The molecule has 172 valence electrons. The van der Waals surface area contributed by atoms with E-state index in [0.29, 0.717) is 0 Å². The van der Waals surface area contributed by atoms with Gasteiger partial charge >= 0.3 is 11.9 Å². The van der Waals surface area contributed by atoms with Crippen LogP contribution in [0.3, 0.4) is 0 Å². The molecule has 0 fully saturated rings. The fourth-order valence-corrected chi connectivity index (χ4v) is 3.85. The van der Waals surface area contributed by atoms with Gasteiger partial charge in [0.15, 0.2) is 11.2 Å². The summed E-state index contributed by atoms with van der Waals surface area (Å²) in [7, 11) is 1.42. The van der Waals surface area contributed by atoms with E-state index in [1.54, 1.807) is 30.3 Å². The Balaban J connectivity index is 2.09. The summed E-state index contributed by atoms with van der Waals surface area (Å²) >= 11 is 0. The van der Waals surface area contributed by atoms with Crippen molar-refractivity contribution in [3.63, 3.8) is 0 Å². The van der Waals surface area contributed by atoms with E-state index in [2.05, 4.69) is 4.98 Å². The molecule has 2 aromatic carbocycles. The van der Waals surface area contributed by atoms with Crippen molar-refractivity contribution >= 4 is 11.2 Å². The van der Waals surface area contributed by atoms with E-state index in [0.717, 1.165) is 20.8 Å². The highest BCUT2D eigenvalue weighted by Crippen LogP contribution is 2.37. The number of imidazole rings is 1. The fraction of sp³-hybridized carbons (Fsp3) is 0.261. The monoisotopic (exact) mass is 458 g/mol. The van der Waals surface area contributed by atoms with Crippen LogP contribution in [0.5, 0.6) is 0 Å². The summed E-state index contributed by atoms with van der Waals surface area (Å²) in [6.07, 6.45) is -4.46. The van der Waals surface area contributed by atoms with Crippen LogP contribution in [0.4, 0.5) is 13.2 Å². The van der Waals surface area contributed by atoms with Gasteiger partial charge in [0.05, 0.1) is 5.56 Å². The van der Waals surface area contributed by atoms with Crippen LogP contribution in [0.15, 0.2) is 64.2 Å². The van der Waals surface area contributed by atoms with E-state index in [4.69, 9.17) is 5.11 Å². The number of aryl methyl sites for hydroxylation is 1. The topological polar surface area (TPSA) is 82.0 Å². The maximum atomic E-state index is 13.8. The summed E-state index contributed by atoms with van der Waals surface area (Å²) in [6, 6.07) is 14.0. The van der Waals surface area contributed by atoms with Gasteiger partial charge in [0, 0.05) is 32.3 Å². The van der Waals surface area contributed by atoms with Crippen molar-refractivity contribution in [3.8, 4) is 11.4 Å². The summed E-state index contributed by atoms with van der Waals surface area (Å²) in [6.45, 7) is -0.170. The van der Waals surface area contributed by atoms with Crippen LogP contribution in [0.2, 0.25) is 0 Å². The van der Waals surface area contributed by atoms with E-state index in [1.165, 1.54) is 29.8 Å². The zero-order valence-electron chi connectivity index (χ0n) is 17.7. The van der Waals surface area contributed by atoms with Gasteiger partial charge in [-0.3, -0.25) is 13.9 Å². The maximum absolute atomic E-state index is 13.8.